The van der Waals surface area contributed by atoms with Crippen LogP contribution in [0.15, 0.2) is 42.6 Å². The van der Waals surface area contributed by atoms with Gasteiger partial charge in [-0.05, 0) is 44.5 Å². The van der Waals surface area contributed by atoms with Gasteiger partial charge >= 0.3 is 6.18 Å². The molecule has 2 aromatic rings. The lowest BCUT2D eigenvalue weighted by Crippen LogP contribution is -2.44. The smallest absolute Gasteiger partial charge is 0.355 e. The summed E-state index contributed by atoms with van der Waals surface area (Å²) in [6.45, 7) is 6.50. The van der Waals surface area contributed by atoms with E-state index in [9.17, 15) is 18.0 Å². The number of nitrogens with one attached hydrogen (secondary N) is 1. The minimum absolute atomic E-state index is 0.0741. The van der Waals surface area contributed by atoms with Crippen LogP contribution in [0.2, 0.25) is 0 Å². The standard InChI is InChI=1S/C21H25F3N4O/c1-15-4-7-18(8-5-15)26-20(29)16(2)27-10-3-11-28(13-12-27)19-9-6-17(14-25-19)21(22,23)24/h4-9,14,16H,3,10-13H2,1-2H3,(H,26,29). The topological polar surface area (TPSA) is 48.5 Å². The van der Waals surface area contributed by atoms with E-state index < -0.39 is 11.7 Å². The molecule has 0 bridgehead atoms. The number of anilines is 2. The van der Waals surface area contributed by atoms with Gasteiger partial charge in [0.2, 0.25) is 5.91 Å². The first-order valence-electron chi connectivity index (χ1n) is 9.64. The highest BCUT2D eigenvalue weighted by Gasteiger charge is 2.31. The molecule has 1 atom stereocenters. The number of pyridine rings is 1. The Balaban J connectivity index is 1.58. The normalized spacial score (nSPS) is 16.9. The van der Waals surface area contributed by atoms with Crippen molar-refractivity contribution < 1.29 is 18.0 Å². The molecule has 5 nitrogen and oxygen atoms in total. The lowest BCUT2D eigenvalue weighted by Gasteiger charge is -2.27. The Labute approximate surface area is 168 Å². The molecule has 1 fully saturated rings. The van der Waals surface area contributed by atoms with Gasteiger partial charge in [0, 0.05) is 38.1 Å². The predicted molar refractivity (Wildman–Crippen MR) is 107 cm³/mol. The van der Waals surface area contributed by atoms with E-state index in [1.807, 2.05) is 43.0 Å². The number of carbonyl (C=O) groups is 1. The van der Waals surface area contributed by atoms with Crippen LogP contribution in [0.3, 0.4) is 0 Å². The molecule has 1 aromatic heterocycles. The molecule has 1 aromatic carbocycles. The monoisotopic (exact) mass is 406 g/mol. The summed E-state index contributed by atoms with van der Waals surface area (Å²) in [4.78, 5) is 20.6. The van der Waals surface area contributed by atoms with Crippen LogP contribution in [-0.2, 0) is 11.0 Å². The van der Waals surface area contributed by atoms with Crippen molar-refractivity contribution in [1.82, 2.24) is 9.88 Å². The van der Waals surface area contributed by atoms with Gasteiger partial charge in [-0.3, -0.25) is 9.69 Å². The minimum atomic E-state index is -4.39. The van der Waals surface area contributed by atoms with E-state index >= 15 is 0 Å². The Morgan fingerprint density at radius 2 is 1.79 bits per heavy atom. The fourth-order valence-electron chi connectivity index (χ4n) is 3.34. The number of rotatable bonds is 4. The molecule has 8 heteroatoms. The van der Waals surface area contributed by atoms with E-state index in [1.165, 1.54) is 6.07 Å². The number of amides is 1. The van der Waals surface area contributed by atoms with Gasteiger partial charge < -0.3 is 10.2 Å². The lowest BCUT2D eigenvalue weighted by molar-refractivity contribution is -0.137. The zero-order chi connectivity index (χ0) is 21.0. The summed E-state index contributed by atoms with van der Waals surface area (Å²) < 4.78 is 38.2. The molecule has 0 radical (unpaired) electrons. The Kier molecular flexibility index (Phi) is 6.42. The number of alkyl halides is 3. The third-order valence-electron chi connectivity index (χ3n) is 5.18. The van der Waals surface area contributed by atoms with Crippen LogP contribution in [0.4, 0.5) is 24.7 Å². The predicted octanol–water partition coefficient (Wildman–Crippen LogP) is 3.95. The van der Waals surface area contributed by atoms with E-state index in [2.05, 4.69) is 15.2 Å². The maximum absolute atomic E-state index is 12.7. The minimum Gasteiger partial charge on any atom is -0.355 e. The molecule has 1 aliphatic rings. The van der Waals surface area contributed by atoms with Crippen LogP contribution < -0.4 is 10.2 Å². The molecule has 3 rings (SSSR count). The second kappa shape index (κ2) is 8.82. The summed E-state index contributed by atoms with van der Waals surface area (Å²) >= 11 is 0. The molecule has 1 amide bonds. The van der Waals surface area contributed by atoms with Crippen molar-refractivity contribution in [2.75, 3.05) is 36.4 Å². The molecule has 0 saturated carbocycles. The highest BCUT2D eigenvalue weighted by atomic mass is 19.4. The average molecular weight is 406 g/mol. The van der Waals surface area contributed by atoms with Crippen molar-refractivity contribution in [2.24, 2.45) is 0 Å². The largest absolute Gasteiger partial charge is 0.417 e. The zero-order valence-electron chi connectivity index (χ0n) is 16.5. The third kappa shape index (κ3) is 5.47. The number of benzene rings is 1. The van der Waals surface area contributed by atoms with Gasteiger partial charge in [-0.2, -0.15) is 13.2 Å². The van der Waals surface area contributed by atoms with Crippen LogP contribution in [-0.4, -0.2) is 48.0 Å². The molecular weight excluding hydrogens is 381 g/mol. The van der Waals surface area contributed by atoms with Crippen molar-refractivity contribution in [2.45, 2.75) is 32.5 Å². The summed E-state index contributed by atoms with van der Waals surface area (Å²) in [5.41, 5.74) is 1.14. The fourth-order valence-corrected chi connectivity index (χ4v) is 3.34. The quantitative estimate of drug-likeness (QED) is 0.835. The van der Waals surface area contributed by atoms with Crippen molar-refractivity contribution in [3.8, 4) is 0 Å². The first-order chi connectivity index (χ1) is 13.7. The van der Waals surface area contributed by atoms with E-state index in [1.54, 1.807) is 0 Å². The number of carbonyl (C=O) groups excluding carboxylic acids is 1. The van der Waals surface area contributed by atoms with E-state index in [4.69, 9.17) is 0 Å². The van der Waals surface area contributed by atoms with Crippen molar-refractivity contribution in [1.29, 1.82) is 0 Å². The van der Waals surface area contributed by atoms with Crippen LogP contribution in [0.1, 0.15) is 24.5 Å². The molecule has 156 valence electrons. The summed E-state index contributed by atoms with van der Waals surface area (Å²) in [6, 6.07) is 9.80. The molecule has 0 aliphatic carbocycles. The summed E-state index contributed by atoms with van der Waals surface area (Å²) in [6.07, 6.45) is -2.72. The Morgan fingerprint density at radius 3 is 2.41 bits per heavy atom. The van der Waals surface area contributed by atoms with Gasteiger partial charge in [-0.15, -0.1) is 0 Å². The fraction of sp³-hybridized carbons (Fsp3) is 0.429. The molecule has 2 heterocycles. The number of aryl methyl sites for hydroxylation is 1. The lowest BCUT2D eigenvalue weighted by atomic mass is 10.2. The Bertz CT molecular complexity index is 821. The number of hydrogen-bond acceptors (Lipinski definition) is 4. The van der Waals surface area contributed by atoms with Crippen molar-refractivity contribution in [3.05, 3.63) is 53.7 Å². The number of aromatic nitrogens is 1. The van der Waals surface area contributed by atoms with E-state index in [0.29, 0.717) is 25.5 Å². The SMILES string of the molecule is Cc1ccc(NC(=O)C(C)N2CCCN(c3ccc(C(F)(F)F)cn3)CC2)cc1. The van der Waals surface area contributed by atoms with Crippen LogP contribution in [0.25, 0.3) is 0 Å². The molecular formula is C21H25F3N4O. The van der Waals surface area contributed by atoms with Crippen LogP contribution >= 0.6 is 0 Å². The summed E-state index contributed by atoms with van der Waals surface area (Å²) in [7, 11) is 0. The Morgan fingerprint density at radius 1 is 1.07 bits per heavy atom. The number of halogens is 3. The van der Waals surface area contributed by atoms with Crippen molar-refractivity contribution >= 4 is 17.4 Å². The second-order valence-corrected chi connectivity index (χ2v) is 7.31. The maximum Gasteiger partial charge on any atom is 0.417 e. The third-order valence-corrected chi connectivity index (χ3v) is 5.18. The van der Waals surface area contributed by atoms with Gasteiger partial charge in [0.05, 0.1) is 11.6 Å². The number of nitrogens with zero attached hydrogens (tertiary/aromatic N) is 3. The van der Waals surface area contributed by atoms with E-state index in [0.717, 1.165) is 36.5 Å². The van der Waals surface area contributed by atoms with Gasteiger partial charge in [0.25, 0.3) is 0 Å². The van der Waals surface area contributed by atoms with E-state index in [-0.39, 0.29) is 11.9 Å². The van der Waals surface area contributed by atoms with Crippen molar-refractivity contribution in [3.63, 3.8) is 0 Å². The molecule has 1 saturated heterocycles. The maximum atomic E-state index is 12.7. The van der Waals surface area contributed by atoms with Crippen LogP contribution in [0.5, 0.6) is 0 Å². The molecule has 1 unspecified atom stereocenters. The first-order valence-corrected chi connectivity index (χ1v) is 9.64. The first kappa shape index (κ1) is 21.1. The molecule has 1 aliphatic heterocycles. The van der Waals surface area contributed by atoms with Gasteiger partial charge in [0.1, 0.15) is 5.82 Å². The second-order valence-electron chi connectivity index (χ2n) is 7.31. The zero-order valence-corrected chi connectivity index (χ0v) is 16.5. The Hall–Kier alpha value is -2.61. The summed E-state index contributed by atoms with van der Waals surface area (Å²) in [5, 5.41) is 2.94. The molecule has 0 spiro atoms. The molecule has 1 N–H and O–H groups in total. The van der Waals surface area contributed by atoms with Gasteiger partial charge in [-0.1, -0.05) is 17.7 Å². The summed E-state index contributed by atoms with van der Waals surface area (Å²) in [5.74, 6) is 0.451. The van der Waals surface area contributed by atoms with Crippen LogP contribution in [0, 0.1) is 6.92 Å². The molecule has 29 heavy (non-hydrogen) atoms. The van der Waals surface area contributed by atoms with Gasteiger partial charge in [0.15, 0.2) is 0 Å². The van der Waals surface area contributed by atoms with Gasteiger partial charge in [-0.25, -0.2) is 4.98 Å². The number of hydrogen-bond donors (Lipinski definition) is 1. The highest BCUT2D eigenvalue weighted by Crippen LogP contribution is 2.29. The highest BCUT2D eigenvalue weighted by molar-refractivity contribution is 5.94. The average Bonchev–Trinajstić information content (AvgIpc) is 2.95.